The minimum atomic E-state index is -0.659. The average molecular weight is 426 g/mol. The second kappa shape index (κ2) is 10.2. The van der Waals surface area contributed by atoms with Crippen molar-refractivity contribution in [2.24, 2.45) is 5.92 Å². The molecule has 0 saturated carbocycles. The molecule has 2 amide bonds. The molecule has 2 N–H and O–H groups in total. The van der Waals surface area contributed by atoms with Gasteiger partial charge in [0.2, 0.25) is 5.91 Å². The first-order valence-corrected chi connectivity index (χ1v) is 11.4. The van der Waals surface area contributed by atoms with Crippen molar-refractivity contribution >= 4 is 29.2 Å². The normalized spacial score (nSPS) is 13.2. The van der Waals surface area contributed by atoms with E-state index in [0.717, 1.165) is 11.4 Å². The van der Waals surface area contributed by atoms with Gasteiger partial charge in [0, 0.05) is 11.8 Å². The molecule has 3 rings (SSSR count). The lowest BCUT2D eigenvalue weighted by molar-refractivity contribution is -0.124. The average Bonchev–Trinajstić information content (AvgIpc) is 3.19. The summed E-state index contributed by atoms with van der Waals surface area (Å²) in [5, 5.41) is 14.5. The number of aromatic nitrogens is 3. The van der Waals surface area contributed by atoms with E-state index in [1.54, 1.807) is 36.0 Å². The Morgan fingerprint density at radius 3 is 2.47 bits per heavy atom. The minimum Gasteiger partial charge on any atom is -0.344 e. The molecule has 1 aromatic carbocycles. The highest BCUT2D eigenvalue weighted by atomic mass is 32.2. The van der Waals surface area contributed by atoms with Crippen molar-refractivity contribution in [3.05, 3.63) is 66.1 Å². The fourth-order valence-electron chi connectivity index (χ4n) is 3.21. The molecule has 0 aliphatic rings. The van der Waals surface area contributed by atoms with Gasteiger partial charge >= 0.3 is 0 Å². The highest BCUT2D eigenvalue weighted by molar-refractivity contribution is 7.98. The predicted octanol–water partition coefficient (Wildman–Crippen LogP) is 3.09. The molecule has 0 aliphatic heterocycles. The number of fused-ring (bicyclic) bond motifs is 1. The zero-order chi connectivity index (χ0) is 21.5. The number of rotatable bonds is 9. The number of hydrogen-bond acceptors (Lipinski definition) is 5. The minimum absolute atomic E-state index is 0.0750. The van der Waals surface area contributed by atoms with Gasteiger partial charge in [-0.15, -0.1) is 10.2 Å². The number of nitrogens with one attached hydrogen (secondary N) is 2. The summed E-state index contributed by atoms with van der Waals surface area (Å²) in [5.74, 6) is 0.972. The van der Waals surface area contributed by atoms with Crippen molar-refractivity contribution in [3.8, 4) is 0 Å². The highest BCUT2D eigenvalue weighted by Gasteiger charge is 2.28. The number of nitrogens with zero attached hydrogens (tertiary/aromatic N) is 3. The van der Waals surface area contributed by atoms with Gasteiger partial charge in [-0.2, -0.15) is 11.8 Å². The first kappa shape index (κ1) is 21.8. The Hall–Kier alpha value is -2.87. The summed E-state index contributed by atoms with van der Waals surface area (Å²) in [6.45, 7) is 3.83. The van der Waals surface area contributed by atoms with Crippen molar-refractivity contribution in [1.29, 1.82) is 0 Å². The Morgan fingerprint density at radius 2 is 1.77 bits per heavy atom. The van der Waals surface area contributed by atoms with Crippen LogP contribution in [0.4, 0.5) is 0 Å². The second-order valence-corrected chi connectivity index (χ2v) is 8.38. The topological polar surface area (TPSA) is 88.4 Å². The molecule has 8 heteroatoms. The molecule has 30 heavy (non-hydrogen) atoms. The molecule has 7 nitrogen and oxygen atoms in total. The fourth-order valence-corrected chi connectivity index (χ4v) is 3.68. The van der Waals surface area contributed by atoms with Gasteiger partial charge in [-0.3, -0.25) is 14.0 Å². The Kier molecular flexibility index (Phi) is 7.46. The maximum atomic E-state index is 13.2. The van der Waals surface area contributed by atoms with Crippen LogP contribution in [0.2, 0.25) is 0 Å². The molecule has 2 atom stereocenters. The van der Waals surface area contributed by atoms with Gasteiger partial charge in [-0.1, -0.05) is 38.1 Å². The molecule has 0 fully saturated rings. The summed E-state index contributed by atoms with van der Waals surface area (Å²) in [6.07, 6.45) is 4.62. The lowest BCUT2D eigenvalue weighted by Crippen LogP contribution is -2.50. The van der Waals surface area contributed by atoms with Crippen LogP contribution in [0.15, 0.2) is 54.7 Å². The smallest absolute Gasteiger partial charge is 0.251 e. The largest absolute Gasteiger partial charge is 0.344 e. The van der Waals surface area contributed by atoms with Crippen LogP contribution in [-0.4, -0.2) is 44.5 Å². The van der Waals surface area contributed by atoms with Crippen LogP contribution in [-0.2, 0) is 4.79 Å². The van der Waals surface area contributed by atoms with E-state index >= 15 is 0 Å². The van der Waals surface area contributed by atoms with Crippen molar-refractivity contribution in [3.63, 3.8) is 0 Å². The maximum Gasteiger partial charge on any atom is 0.251 e. The SMILES string of the molecule is CSCC[C@@H](NC(=O)[C@H](NC(=O)c1ccccc1)C(C)C)c1nnc2ccccn12. The van der Waals surface area contributed by atoms with E-state index in [1.165, 1.54) is 0 Å². The number of carbonyl (C=O) groups excluding carboxylic acids is 2. The van der Waals surface area contributed by atoms with Gasteiger partial charge in [-0.25, -0.2) is 0 Å². The van der Waals surface area contributed by atoms with Gasteiger partial charge in [0.25, 0.3) is 5.91 Å². The molecule has 2 heterocycles. The monoisotopic (exact) mass is 425 g/mol. The van der Waals surface area contributed by atoms with E-state index in [1.807, 2.05) is 55.0 Å². The maximum absolute atomic E-state index is 13.2. The number of hydrogen-bond donors (Lipinski definition) is 2. The third kappa shape index (κ3) is 5.18. The zero-order valence-electron chi connectivity index (χ0n) is 17.4. The third-order valence-electron chi connectivity index (χ3n) is 4.85. The van der Waals surface area contributed by atoms with Gasteiger partial charge < -0.3 is 10.6 Å². The van der Waals surface area contributed by atoms with Gasteiger partial charge in [0.15, 0.2) is 11.5 Å². The molecule has 0 bridgehead atoms. The molecule has 0 spiro atoms. The van der Waals surface area contributed by atoms with Crippen LogP contribution < -0.4 is 10.6 Å². The van der Waals surface area contributed by atoms with E-state index in [4.69, 9.17) is 0 Å². The summed E-state index contributed by atoms with van der Waals surface area (Å²) in [5.41, 5.74) is 1.26. The summed E-state index contributed by atoms with van der Waals surface area (Å²) in [4.78, 5) is 25.8. The summed E-state index contributed by atoms with van der Waals surface area (Å²) in [7, 11) is 0. The van der Waals surface area contributed by atoms with Crippen LogP contribution in [0.1, 0.15) is 42.5 Å². The number of carbonyl (C=O) groups is 2. The number of pyridine rings is 1. The molecule has 0 unspecified atom stereocenters. The molecule has 0 saturated heterocycles. The molecular weight excluding hydrogens is 398 g/mol. The van der Waals surface area contributed by atoms with Crippen molar-refractivity contribution < 1.29 is 9.59 Å². The lowest BCUT2D eigenvalue weighted by Gasteiger charge is -2.25. The van der Waals surface area contributed by atoms with Crippen LogP contribution >= 0.6 is 11.8 Å². The fraction of sp³-hybridized carbons (Fsp3) is 0.364. The summed E-state index contributed by atoms with van der Waals surface area (Å²) >= 11 is 1.70. The van der Waals surface area contributed by atoms with E-state index in [2.05, 4.69) is 20.8 Å². The molecule has 158 valence electrons. The number of amides is 2. The standard InChI is InChI=1S/C22H27N5O2S/c1-15(2)19(24-21(28)16-9-5-4-6-10-16)22(29)23-17(12-14-30-3)20-26-25-18-11-7-8-13-27(18)20/h4-11,13,15,17,19H,12,14H2,1-3H3,(H,23,29)(H,24,28)/t17-,19-/m1/s1. The lowest BCUT2D eigenvalue weighted by atomic mass is 10.0. The molecule has 0 aliphatic carbocycles. The van der Waals surface area contributed by atoms with Gasteiger partial charge in [0.1, 0.15) is 6.04 Å². The Labute approximate surface area is 180 Å². The first-order chi connectivity index (χ1) is 14.5. The third-order valence-corrected chi connectivity index (χ3v) is 5.49. The number of thioether (sulfide) groups is 1. The quantitative estimate of drug-likeness (QED) is 0.550. The van der Waals surface area contributed by atoms with E-state index in [0.29, 0.717) is 17.8 Å². The Balaban J connectivity index is 1.79. The van der Waals surface area contributed by atoms with Crippen molar-refractivity contribution in [2.45, 2.75) is 32.4 Å². The van der Waals surface area contributed by atoms with Crippen LogP contribution in [0.25, 0.3) is 5.65 Å². The molecular formula is C22H27N5O2S. The highest BCUT2D eigenvalue weighted by Crippen LogP contribution is 2.19. The molecule has 2 aromatic heterocycles. The zero-order valence-corrected chi connectivity index (χ0v) is 18.2. The van der Waals surface area contributed by atoms with E-state index < -0.39 is 6.04 Å². The van der Waals surface area contributed by atoms with Gasteiger partial charge in [0.05, 0.1) is 6.04 Å². The van der Waals surface area contributed by atoms with Crippen molar-refractivity contribution in [1.82, 2.24) is 25.2 Å². The van der Waals surface area contributed by atoms with E-state index in [-0.39, 0.29) is 23.8 Å². The Morgan fingerprint density at radius 1 is 1.03 bits per heavy atom. The summed E-state index contributed by atoms with van der Waals surface area (Å²) < 4.78 is 1.89. The first-order valence-electron chi connectivity index (χ1n) is 9.96. The van der Waals surface area contributed by atoms with Crippen molar-refractivity contribution in [2.75, 3.05) is 12.0 Å². The van der Waals surface area contributed by atoms with Crippen LogP contribution in [0, 0.1) is 5.92 Å². The van der Waals surface area contributed by atoms with Crippen LogP contribution in [0.5, 0.6) is 0 Å². The second-order valence-electron chi connectivity index (χ2n) is 7.39. The summed E-state index contributed by atoms with van der Waals surface area (Å²) in [6, 6.07) is 13.6. The molecule has 3 aromatic rings. The predicted molar refractivity (Wildman–Crippen MR) is 119 cm³/mol. The number of benzene rings is 1. The molecule has 0 radical (unpaired) electrons. The van der Waals surface area contributed by atoms with Crippen LogP contribution in [0.3, 0.4) is 0 Å². The van der Waals surface area contributed by atoms with E-state index in [9.17, 15) is 9.59 Å². The Bertz CT molecular complexity index is 989. The van der Waals surface area contributed by atoms with Gasteiger partial charge in [-0.05, 0) is 48.6 Å².